The van der Waals surface area contributed by atoms with Crippen LogP contribution in [-0.2, 0) is 28.8 Å². The summed E-state index contributed by atoms with van der Waals surface area (Å²) in [7, 11) is 0. The molecule has 0 atom stereocenters. The van der Waals surface area contributed by atoms with Gasteiger partial charge in [0.05, 0.1) is 12.8 Å². The van der Waals surface area contributed by atoms with Crippen molar-refractivity contribution in [1.82, 2.24) is 0 Å². The van der Waals surface area contributed by atoms with Crippen molar-refractivity contribution < 1.29 is 28.8 Å². The first-order valence-electron chi connectivity index (χ1n) is 5.48. The van der Waals surface area contributed by atoms with Crippen LogP contribution in [0.2, 0.25) is 0 Å². The standard InChI is InChI=1S/C10H18O6S2/c11-9(1-7-17)13-3-5-15-16-6-4-14-10(12)2-8-18/h17-18H,1-8H2. The number of carbonyl (C=O) groups is 2. The van der Waals surface area contributed by atoms with Gasteiger partial charge in [-0.15, -0.1) is 0 Å². The third-order valence-corrected chi connectivity index (χ3v) is 2.02. The maximum absolute atomic E-state index is 10.9. The van der Waals surface area contributed by atoms with E-state index in [9.17, 15) is 9.59 Å². The van der Waals surface area contributed by atoms with Gasteiger partial charge < -0.3 is 9.47 Å². The van der Waals surface area contributed by atoms with Gasteiger partial charge in [-0.3, -0.25) is 9.59 Å². The molecule has 0 rings (SSSR count). The topological polar surface area (TPSA) is 71.1 Å². The Morgan fingerprint density at radius 3 is 1.44 bits per heavy atom. The number of hydrogen-bond acceptors (Lipinski definition) is 8. The fraction of sp³-hybridized carbons (Fsp3) is 0.800. The normalized spacial score (nSPS) is 10.1. The van der Waals surface area contributed by atoms with E-state index in [0.717, 1.165) is 0 Å². The van der Waals surface area contributed by atoms with Crippen LogP contribution in [0.25, 0.3) is 0 Å². The smallest absolute Gasteiger partial charge is 0.306 e. The second kappa shape index (κ2) is 13.0. The number of thiol groups is 2. The van der Waals surface area contributed by atoms with Gasteiger partial charge in [0.15, 0.2) is 0 Å². The molecule has 0 spiro atoms. The third-order valence-electron chi connectivity index (χ3n) is 1.57. The lowest BCUT2D eigenvalue weighted by atomic mass is 10.5. The van der Waals surface area contributed by atoms with Gasteiger partial charge in [-0.25, -0.2) is 9.78 Å². The minimum absolute atomic E-state index is 0.117. The zero-order valence-corrected chi connectivity index (χ0v) is 11.8. The summed E-state index contributed by atoms with van der Waals surface area (Å²) in [6.07, 6.45) is 0.538. The van der Waals surface area contributed by atoms with E-state index in [0.29, 0.717) is 11.5 Å². The molecule has 0 aromatic rings. The molecule has 0 radical (unpaired) electrons. The fourth-order valence-electron chi connectivity index (χ4n) is 0.824. The Morgan fingerprint density at radius 1 is 0.722 bits per heavy atom. The van der Waals surface area contributed by atoms with Crippen LogP contribution in [0.1, 0.15) is 12.8 Å². The summed E-state index contributed by atoms with van der Waals surface area (Å²) in [5.41, 5.74) is 0. The molecule has 0 aliphatic heterocycles. The van der Waals surface area contributed by atoms with Gasteiger partial charge in [-0.2, -0.15) is 25.3 Å². The second-order valence-electron chi connectivity index (χ2n) is 3.03. The van der Waals surface area contributed by atoms with Gasteiger partial charge in [-0.05, 0) is 0 Å². The molecule has 106 valence electrons. The fourth-order valence-corrected chi connectivity index (χ4v) is 1.19. The molecule has 0 aliphatic rings. The largest absolute Gasteiger partial charge is 0.463 e. The molecule has 0 saturated heterocycles. The molecule has 0 unspecified atom stereocenters. The predicted octanol–water partition coefficient (Wildman–Crippen LogP) is 0.661. The van der Waals surface area contributed by atoms with Crippen LogP contribution in [0.4, 0.5) is 0 Å². The lowest BCUT2D eigenvalue weighted by molar-refractivity contribution is -0.301. The summed E-state index contributed by atoms with van der Waals surface area (Å²) < 4.78 is 9.54. The number of ether oxygens (including phenoxy) is 2. The van der Waals surface area contributed by atoms with E-state index in [4.69, 9.17) is 19.2 Å². The average molecular weight is 298 g/mol. The number of esters is 2. The Bertz CT molecular complexity index is 212. The first-order valence-corrected chi connectivity index (χ1v) is 6.74. The molecule has 0 saturated carbocycles. The minimum Gasteiger partial charge on any atom is -0.463 e. The average Bonchev–Trinajstić information content (AvgIpc) is 2.33. The quantitative estimate of drug-likeness (QED) is 0.192. The number of carbonyl (C=O) groups excluding carboxylic acids is 2. The van der Waals surface area contributed by atoms with Crippen molar-refractivity contribution >= 4 is 37.2 Å². The minimum atomic E-state index is -0.325. The van der Waals surface area contributed by atoms with Crippen molar-refractivity contribution in [1.29, 1.82) is 0 Å². The molecule has 0 heterocycles. The van der Waals surface area contributed by atoms with Crippen LogP contribution in [0.5, 0.6) is 0 Å². The maximum atomic E-state index is 10.9. The van der Waals surface area contributed by atoms with Crippen LogP contribution in [-0.4, -0.2) is 49.9 Å². The van der Waals surface area contributed by atoms with Gasteiger partial charge in [0.1, 0.15) is 26.4 Å². The summed E-state index contributed by atoms with van der Waals surface area (Å²) in [6.45, 7) is 0.490. The molecule has 0 aromatic carbocycles. The Balaban J connectivity index is 3.16. The Kier molecular flexibility index (Phi) is 12.7. The van der Waals surface area contributed by atoms with Crippen molar-refractivity contribution in [2.24, 2.45) is 0 Å². The van der Waals surface area contributed by atoms with Crippen LogP contribution < -0.4 is 0 Å². The molecule has 0 amide bonds. The second-order valence-corrected chi connectivity index (χ2v) is 3.93. The van der Waals surface area contributed by atoms with E-state index in [-0.39, 0.29) is 51.2 Å². The lowest BCUT2D eigenvalue weighted by Crippen LogP contribution is -2.14. The van der Waals surface area contributed by atoms with Crippen LogP contribution >= 0.6 is 25.3 Å². The summed E-state index contributed by atoms with van der Waals surface area (Å²) >= 11 is 7.78. The highest BCUT2D eigenvalue weighted by Crippen LogP contribution is 1.91. The summed E-state index contributed by atoms with van der Waals surface area (Å²) in [5.74, 6) is 0.255. The van der Waals surface area contributed by atoms with E-state index < -0.39 is 0 Å². The Hall–Kier alpha value is -0.440. The van der Waals surface area contributed by atoms with Crippen molar-refractivity contribution in [3.63, 3.8) is 0 Å². The zero-order chi connectivity index (χ0) is 13.6. The lowest BCUT2D eigenvalue weighted by Gasteiger charge is -2.06. The molecule has 0 aliphatic carbocycles. The highest BCUT2D eigenvalue weighted by atomic mass is 32.1. The zero-order valence-electron chi connectivity index (χ0n) is 10.0. The first kappa shape index (κ1) is 17.6. The molecule has 18 heavy (non-hydrogen) atoms. The van der Waals surface area contributed by atoms with E-state index in [1.807, 2.05) is 0 Å². The summed E-state index contributed by atoms with van der Waals surface area (Å²) in [5, 5.41) is 0. The van der Waals surface area contributed by atoms with Crippen molar-refractivity contribution in [3.05, 3.63) is 0 Å². The maximum Gasteiger partial charge on any atom is 0.306 e. The van der Waals surface area contributed by atoms with Gasteiger partial charge in [0, 0.05) is 11.5 Å². The van der Waals surface area contributed by atoms with Gasteiger partial charge in [0.25, 0.3) is 0 Å². The van der Waals surface area contributed by atoms with E-state index >= 15 is 0 Å². The molecule has 0 fully saturated rings. The monoisotopic (exact) mass is 298 g/mol. The molecule has 8 heteroatoms. The molecule has 0 aromatic heterocycles. The SMILES string of the molecule is O=C(CCS)OCCOOCCOC(=O)CCS. The van der Waals surface area contributed by atoms with Crippen LogP contribution in [0.3, 0.4) is 0 Å². The molecule has 0 bridgehead atoms. The van der Waals surface area contributed by atoms with Crippen molar-refractivity contribution in [2.45, 2.75) is 12.8 Å². The van der Waals surface area contributed by atoms with Crippen LogP contribution in [0.15, 0.2) is 0 Å². The van der Waals surface area contributed by atoms with Gasteiger partial charge >= 0.3 is 11.9 Å². The van der Waals surface area contributed by atoms with E-state index in [1.54, 1.807) is 0 Å². The van der Waals surface area contributed by atoms with Crippen molar-refractivity contribution in [3.8, 4) is 0 Å². The third kappa shape index (κ3) is 12.0. The predicted molar refractivity (Wildman–Crippen MR) is 70.8 cm³/mol. The highest BCUT2D eigenvalue weighted by Gasteiger charge is 2.02. The molecular formula is C10H18O6S2. The summed E-state index contributed by atoms with van der Waals surface area (Å²) in [6, 6.07) is 0. The van der Waals surface area contributed by atoms with E-state index in [2.05, 4.69) is 25.3 Å². The Labute approximate surface area is 117 Å². The molecular weight excluding hydrogens is 280 g/mol. The number of rotatable bonds is 11. The van der Waals surface area contributed by atoms with Gasteiger partial charge in [-0.1, -0.05) is 0 Å². The molecule has 6 nitrogen and oxygen atoms in total. The molecule has 0 N–H and O–H groups in total. The van der Waals surface area contributed by atoms with E-state index in [1.165, 1.54) is 0 Å². The first-order chi connectivity index (χ1) is 8.70. The highest BCUT2D eigenvalue weighted by molar-refractivity contribution is 7.80. The number of hydrogen-bond donors (Lipinski definition) is 2. The van der Waals surface area contributed by atoms with Crippen molar-refractivity contribution in [2.75, 3.05) is 37.9 Å². The van der Waals surface area contributed by atoms with Gasteiger partial charge in [0.2, 0.25) is 0 Å². The summed E-state index contributed by atoms with van der Waals surface area (Å²) in [4.78, 5) is 31.2. The Morgan fingerprint density at radius 2 is 1.11 bits per heavy atom. The van der Waals surface area contributed by atoms with Crippen LogP contribution in [0, 0.1) is 0 Å².